The number of rotatable bonds is 2. The van der Waals surface area contributed by atoms with Crippen LogP contribution in [0.5, 0.6) is 0 Å². The quantitative estimate of drug-likeness (QED) is 0.616. The summed E-state index contributed by atoms with van der Waals surface area (Å²) in [4.78, 5) is 22.6. The number of Topliss-reactive ketones (excluding diaryl/α,β-unsaturated/α-hetero) is 1. The van der Waals surface area contributed by atoms with Crippen LogP contribution in [0.15, 0.2) is 21.5 Å². The number of alkyl halides is 1. The van der Waals surface area contributed by atoms with Gasteiger partial charge in [0.25, 0.3) is 5.56 Å². The summed E-state index contributed by atoms with van der Waals surface area (Å²) in [5.74, 6) is -0.107. The molecule has 0 aliphatic carbocycles. The van der Waals surface area contributed by atoms with Gasteiger partial charge in [-0.25, -0.2) is 0 Å². The van der Waals surface area contributed by atoms with Gasteiger partial charge in [-0.1, -0.05) is 15.9 Å². The molecule has 3 nitrogen and oxygen atoms in total. The molecule has 0 saturated heterocycles. The van der Waals surface area contributed by atoms with Crippen molar-refractivity contribution < 1.29 is 4.79 Å². The lowest BCUT2D eigenvalue weighted by molar-refractivity contribution is 0.102. The van der Waals surface area contributed by atoms with Crippen LogP contribution in [0.25, 0.3) is 0 Å². The molecule has 13 heavy (non-hydrogen) atoms. The van der Waals surface area contributed by atoms with E-state index in [2.05, 4.69) is 31.9 Å². The lowest BCUT2D eigenvalue weighted by Crippen LogP contribution is -2.20. The largest absolute Gasteiger partial charge is 0.318 e. The Bertz CT molecular complexity index is 398. The minimum atomic E-state index is -0.202. The molecule has 0 spiro atoms. The zero-order valence-corrected chi connectivity index (χ0v) is 10.1. The third-order valence-corrected chi connectivity index (χ3v) is 2.91. The first kappa shape index (κ1) is 10.7. The van der Waals surface area contributed by atoms with Gasteiger partial charge in [-0.15, -0.1) is 0 Å². The van der Waals surface area contributed by atoms with Crippen LogP contribution in [0, 0.1) is 0 Å². The normalized spacial score (nSPS) is 10.1. The Morgan fingerprint density at radius 1 is 1.62 bits per heavy atom. The highest BCUT2D eigenvalue weighted by Crippen LogP contribution is 2.12. The Morgan fingerprint density at radius 2 is 2.23 bits per heavy atom. The van der Waals surface area contributed by atoms with Gasteiger partial charge < -0.3 is 4.57 Å². The molecule has 0 aliphatic heterocycles. The van der Waals surface area contributed by atoms with Gasteiger partial charge in [0, 0.05) is 18.8 Å². The molecule has 70 valence electrons. The standard InChI is InChI=1S/C8H7Br2NO2/c1-11-3-2-5(6(12)4-9)7(10)8(11)13/h2-3H,4H2,1H3. The van der Waals surface area contributed by atoms with Crippen LogP contribution in [-0.2, 0) is 7.05 Å². The van der Waals surface area contributed by atoms with Crippen LogP contribution < -0.4 is 5.56 Å². The van der Waals surface area contributed by atoms with E-state index in [-0.39, 0.29) is 16.7 Å². The van der Waals surface area contributed by atoms with Crippen LogP contribution in [0.2, 0.25) is 0 Å². The first-order valence-corrected chi connectivity index (χ1v) is 5.43. The van der Waals surface area contributed by atoms with E-state index in [1.807, 2.05) is 0 Å². The molecule has 0 N–H and O–H groups in total. The van der Waals surface area contributed by atoms with Gasteiger partial charge in [-0.05, 0) is 22.0 Å². The van der Waals surface area contributed by atoms with Crippen molar-refractivity contribution in [2.75, 3.05) is 5.33 Å². The molecule has 0 fully saturated rings. The van der Waals surface area contributed by atoms with Crippen molar-refractivity contribution in [1.82, 2.24) is 4.57 Å². The Morgan fingerprint density at radius 3 is 2.77 bits per heavy atom. The molecule has 1 rings (SSSR count). The van der Waals surface area contributed by atoms with Crippen LogP contribution in [0.4, 0.5) is 0 Å². The molecule has 1 heterocycles. The zero-order chi connectivity index (χ0) is 10.0. The smallest absolute Gasteiger partial charge is 0.265 e. The second-order valence-electron chi connectivity index (χ2n) is 2.52. The molecule has 5 heteroatoms. The Balaban J connectivity index is 3.35. The summed E-state index contributed by atoms with van der Waals surface area (Å²) < 4.78 is 1.73. The van der Waals surface area contributed by atoms with Crippen molar-refractivity contribution in [2.24, 2.45) is 7.05 Å². The number of carbonyl (C=O) groups is 1. The molecule has 0 aromatic carbocycles. The SMILES string of the molecule is Cn1ccc(C(=O)CBr)c(Br)c1=O. The first-order valence-electron chi connectivity index (χ1n) is 3.52. The van der Waals surface area contributed by atoms with Gasteiger partial charge in [-0.3, -0.25) is 9.59 Å². The molecule has 0 saturated carbocycles. The molecular weight excluding hydrogens is 302 g/mol. The van der Waals surface area contributed by atoms with Crippen molar-refractivity contribution in [2.45, 2.75) is 0 Å². The number of ketones is 1. The molecule has 0 atom stereocenters. The molecule has 1 aromatic heterocycles. The molecule has 0 aliphatic rings. The maximum Gasteiger partial charge on any atom is 0.265 e. The van der Waals surface area contributed by atoms with Crippen LogP contribution >= 0.6 is 31.9 Å². The second kappa shape index (κ2) is 4.19. The van der Waals surface area contributed by atoms with E-state index in [4.69, 9.17) is 0 Å². The second-order valence-corrected chi connectivity index (χ2v) is 3.87. The highest BCUT2D eigenvalue weighted by molar-refractivity contribution is 9.10. The number of halogens is 2. The number of carbonyl (C=O) groups excluding carboxylic acids is 1. The van der Waals surface area contributed by atoms with Gasteiger partial charge in [0.15, 0.2) is 5.78 Å². The number of hydrogen-bond donors (Lipinski definition) is 0. The topological polar surface area (TPSA) is 39.1 Å². The molecule has 0 bridgehead atoms. The van der Waals surface area contributed by atoms with Crippen molar-refractivity contribution in [1.29, 1.82) is 0 Å². The summed E-state index contributed by atoms with van der Waals surface area (Å²) in [5, 5.41) is 0.221. The molecule has 0 amide bonds. The summed E-state index contributed by atoms with van der Waals surface area (Å²) >= 11 is 6.15. The zero-order valence-electron chi connectivity index (χ0n) is 6.88. The van der Waals surface area contributed by atoms with Gasteiger partial charge in [0.05, 0.1) is 9.80 Å². The summed E-state index contributed by atoms with van der Waals surface area (Å²) in [6, 6.07) is 1.62. The Kier molecular flexibility index (Phi) is 3.44. The van der Waals surface area contributed by atoms with Crippen molar-refractivity contribution >= 4 is 37.6 Å². The highest BCUT2D eigenvalue weighted by atomic mass is 79.9. The van der Waals surface area contributed by atoms with E-state index in [1.54, 1.807) is 19.3 Å². The van der Waals surface area contributed by atoms with E-state index in [1.165, 1.54) is 4.57 Å². The molecule has 1 aromatic rings. The van der Waals surface area contributed by atoms with Crippen LogP contribution in [-0.4, -0.2) is 15.7 Å². The van der Waals surface area contributed by atoms with Gasteiger partial charge in [0.1, 0.15) is 0 Å². The lowest BCUT2D eigenvalue weighted by atomic mass is 10.2. The minimum absolute atomic E-state index is 0.107. The molecule has 0 unspecified atom stereocenters. The summed E-state index contributed by atoms with van der Waals surface area (Å²) in [7, 11) is 1.63. The maximum atomic E-state index is 11.4. The monoisotopic (exact) mass is 307 g/mol. The summed E-state index contributed by atoms with van der Waals surface area (Å²) in [6.45, 7) is 0. The fourth-order valence-corrected chi connectivity index (χ4v) is 1.82. The fraction of sp³-hybridized carbons (Fsp3) is 0.250. The number of hydrogen-bond acceptors (Lipinski definition) is 2. The fourth-order valence-electron chi connectivity index (χ4n) is 0.885. The van der Waals surface area contributed by atoms with Gasteiger partial charge in [-0.2, -0.15) is 0 Å². The van der Waals surface area contributed by atoms with Crippen molar-refractivity contribution in [3.8, 4) is 0 Å². The average molecular weight is 309 g/mol. The molecular formula is C8H7Br2NO2. The predicted octanol–water partition coefficient (Wildman–Crippen LogP) is 1.73. The van der Waals surface area contributed by atoms with E-state index >= 15 is 0 Å². The van der Waals surface area contributed by atoms with E-state index in [0.717, 1.165) is 0 Å². The number of pyridine rings is 1. The highest BCUT2D eigenvalue weighted by Gasteiger charge is 2.11. The van der Waals surface area contributed by atoms with Gasteiger partial charge >= 0.3 is 0 Å². The van der Waals surface area contributed by atoms with Crippen molar-refractivity contribution in [3.63, 3.8) is 0 Å². The minimum Gasteiger partial charge on any atom is -0.318 e. The third-order valence-electron chi connectivity index (χ3n) is 1.63. The number of aryl methyl sites for hydroxylation is 1. The Hall–Kier alpha value is -0.420. The number of nitrogens with zero attached hydrogens (tertiary/aromatic N) is 1. The van der Waals surface area contributed by atoms with E-state index in [0.29, 0.717) is 10.0 Å². The van der Waals surface area contributed by atoms with Gasteiger partial charge in [0.2, 0.25) is 0 Å². The maximum absolute atomic E-state index is 11.4. The lowest BCUT2D eigenvalue weighted by Gasteiger charge is -2.02. The summed E-state index contributed by atoms with van der Waals surface area (Å²) in [5.41, 5.74) is 0.215. The summed E-state index contributed by atoms with van der Waals surface area (Å²) in [6.07, 6.45) is 1.57. The predicted molar refractivity (Wildman–Crippen MR) is 57.5 cm³/mol. The van der Waals surface area contributed by atoms with Crippen LogP contribution in [0.3, 0.4) is 0 Å². The third kappa shape index (κ3) is 2.08. The first-order chi connectivity index (χ1) is 6.07. The van der Waals surface area contributed by atoms with E-state index < -0.39 is 0 Å². The van der Waals surface area contributed by atoms with Crippen LogP contribution in [0.1, 0.15) is 10.4 Å². The number of aromatic nitrogens is 1. The van der Waals surface area contributed by atoms with Crippen molar-refractivity contribution in [3.05, 3.63) is 32.7 Å². The Labute approximate surface area is 92.0 Å². The average Bonchev–Trinajstić information content (AvgIpc) is 2.13. The molecule has 0 radical (unpaired) electrons. The van der Waals surface area contributed by atoms with E-state index in [9.17, 15) is 9.59 Å².